The summed E-state index contributed by atoms with van der Waals surface area (Å²) in [6.07, 6.45) is 2.31. The van der Waals surface area contributed by atoms with Gasteiger partial charge in [0.25, 0.3) is 0 Å². The zero-order valence-corrected chi connectivity index (χ0v) is 12.2. The van der Waals surface area contributed by atoms with Crippen molar-refractivity contribution in [3.63, 3.8) is 0 Å². The van der Waals surface area contributed by atoms with Gasteiger partial charge in [-0.1, -0.05) is 25.1 Å². The highest BCUT2D eigenvalue weighted by Crippen LogP contribution is 2.26. The van der Waals surface area contributed by atoms with Gasteiger partial charge in [-0.3, -0.25) is 0 Å². The van der Waals surface area contributed by atoms with Crippen molar-refractivity contribution in [3.05, 3.63) is 30.0 Å². The molecule has 108 valence electrons. The number of nitrogens with zero attached hydrogens (tertiary/aromatic N) is 4. The number of likely N-dealkylation sites (N-methyl/N-ethyl adjacent to an activating group) is 1. The lowest BCUT2D eigenvalue weighted by atomic mass is 10.0. The number of benzene rings is 1. The molecule has 0 radical (unpaired) electrons. The number of hydrogen-bond acceptors (Lipinski definition) is 5. The molecule has 0 amide bonds. The first kappa shape index (κ1) is 13.8. The van der Waals surface area contributed by atoms with E-state index in [1.807, 2.05) is 24.3 Å². The average Bonchev–Trinajstić information content (AvgIpc) is 2.55. The van der Waals surface area contributed by atoms with Crippen LogP contribution in [0.15, 0.2) is 24.3 Å². The molecule has 2 heterocycles. The number of nitriles is 1. The molecule has 3 rings (SSSR count). The first-order chi connectivity index (χ1) is 10.3. The number of nitrogens with one attached hydrogen (secondary N) is 1. The van der Waals surface area contributed by atoms with E-state index in [9.17, 15) is 5.26 Å². The van der Waals surface area contributed by atoms with E-state index < -0.39 is 0 Å². The molecule has 1 aromatic carbocycles. The van der Waals surface area contributed by atoms with E-state index in [1.54, 1.807) is 0 Å². The molecule has 5 heteroatoms. The molecule has 2 aromatic rings. The summed E-state index contributed by atoms with van der Waals surface area (Å²) in [7, 11) is 0. The lowest BCUT2D eigenvalue weighted by Crippen LogP contribution is -2.42. The van der Waals surface area contributed by atoms with Crippen LogP contribution in [0, 0.1) is 11.3 Å². The first-order valence-electron chi connectivity index (χ1n) is 7.46. The maximum Gasteiger partial charge on any atom is 0.186 e. The van der Waals surface area contributed by atoms with Gasteiger partial charge >= 0.3 is 0 Å². The summed E-state index contributed by atoms with van der Waals surface area (Å²) in [5.74, 6) is 0. The quantitative estimate of drug-likeness (QED) is 0.936. The van der Waals surface area contributed by atoms with Gasteiger partial charge in [0.1, 0.15) is 6.07 Å². The highest BCUT2D eigenvalue weighted by Gasteiger charge is 2.21. The zero-order chi connectivity index (χ0) is 14.7. The van der Waals surface area contributed by atoms with Crippen LogP contribution in [0.1, 0.15) is 25.5 Å². The van der Waals surface area contributed by atoms with E-state index in [2.05, 4.69) is 33.4 Å². The largest absolute Gasteiger partial charge is 0.378 e. The van der Waals surface area contributed by atoms with Crippen LogP contribution in [-0.2, 0) is 0 Å². The van der Waals surface area contributed by atoms with E-state index in [-0.39, 0.29) is 0 Å². The first-order valence-corrected chi connectivity index (χ1v) is 7.46. The van der Waals surface area contributed by atoms with E-state index in [4.69, 9.17) is 0 Å². The van der Waals surface area contributed by atoms with Crippen LogP contribution in [0.25, 0.3) is 10.9 Å². The fraction of sp³-hybridized carbons (Fsp3) is 0.438. The number of likely N-dealkylation sites (tertiary alicyclic amines) is 1. The molecule has 1 aliphatic rings. The summed E-state index contributed by atoms with van der Waals surface area (Å²) in [6.45, 7) is 5.43. The Hall–Kier alpha value is -2.19. The number of hydrogen-bond donors (Lipinski definition) is 1. The topological polar surface area (TPSA) is 64.8 Å². The Morgan fingerprint density at radius 1 is 1.38 bits per heavy atom. The molecule has 1 unspecified atom stereocenters. The van der Waals surface area contributed by atoms with E-state index in [1.165, 1.54) is 6.42 Å². The van der Waals surface area contributed by atoms with Crippen LogP contribution in [0.3, 0.4) is 0 Å². The molecular weight excluding hydrogens is 262 g/mol. The highest BCUT2D eigenvalue weighted by molar-refractivity contribution is 5.92. The van der Waals surface area contributed by atoms with Gasteiger partial charge < -0.3 is 10.2 Å². The molecule has 1 atom stereocenters. The second-order valence-corrected chi connectivity index (χ2v) is 5.43. The van der Waals surface area contributed by atoms with Crippen LogP contribution in [0.2, 0.25) is 0 Å². The molecule has 0 spiro atoms. The van der Waals surface area contributed by atoms with Crippen LogP contribution >= 0.6 is 0 Å². The lowest BCUT2D eigenvalue weighted by Gasteiger charge is -2.33. The molecule has 1 N–H and O–H groups in total. The summed E-state index contributed by atoms with van der Waals surface area (Å²) in [5, 5.41) is 22.0. The third-order valence-electron chi connectivity index (χ3n) is 4.08. The molecule has 1 aliphatic heterocycles. The highest BCUT2D eigenvalue weighted by atomic mass is 15.2. The summed E-state index contributed by atoms with van der Waals surface area (Å²) in [6, 6.07) is 10.3. The average molecular weight is 281 g/mol. The minimum absolute atomic E-state index is 0.360. The predicted octanol–water partition coefficient (Wildman–Crippen LogP) is 2.40. The predicted molar refractivity (Wildman–Crippen MR) is 83.0 cm³/mol. The van der Waals surface area contributed by atoms with Crippen LogP contribution in [-0.4, -0.2) is 40.8 Å². The number of anilines is 1. The Balaban J connectivity index is 1.94. The van der Waals surface area contributed by atoms with Crippen LogP contribution in [0.4, 0.5) is 5.69 Å². The normalized spacial score (nSPS) is 19.3. The SMILES string of the molecule is CCN1CCCC(Nc2c(C#N)nnc3ccccc23)C1. The van der Waals surface area contributed by atoms with Crippen molar-refractivity contribution in [3.8, 4) is 6.07 Å². The molecule has 0 aliphatic carbocycles. The fourth-order valence-electron chi connectivity index (χ4n) is 2.94. The Bertz CT molecular complexity index is 676. The van der Waals surface area contributed by atoms with Crippen molar-refractivity contribution >= 4 is 16.6 Å². The fourth-order valence-corrected chi connectivity index (χ4v) is 2.94. The van der Waals surface area contributed by atoms with E-state index in [0.29, 0.717) is 11.7 Å². The Morgan fingerprint density at radius 2 is 2.24 bits per heavy atom. The molecule has 1 aromatic heterocycles. The summed E-state index contributed by atoms with van der Waals surface area (Å²) >= 11 is 0. The molecule has 5 nitrogen and oxygen atoms in total. The molecule has 21 heavy (non-hydrogen) atoms. The summed E-state index contributed by atoms with van der Waals surface area (Å²) < 4.78 is 0. The minimum atomic E-state index is 0.360. The second-order valence-electron chi connectivity index (χ2n) is 5.43. The maximum atomic E-state index is 9.30. The van der Waals surface area contributed by atoms with Gasteiger partial charge in [-0.2, -0.15) is 5.26 Å². The van der Waals surface area contributed by atoms with Crippen molar-refractivity contribution in [2.45, 2.75) is 25.8 Å². The number of piperidine rings is 1. The third kappa shape index (κ3) is 2.81. The minimum Gasteiger partial charge on any atom is -0.378 e. The van der Waals surface area contributed by atoms with Gasteiger partial charge in [0, 0.05) is 18.0 Å². The van der Waals surface area contributed by atoms with E-state index >= 15 is 0 Å². The van der Waals surface area contributed by atoms with Gasteiger partial charge in [-0.15, -0.1) is 10.2 Å². The maximum absolute atomic E-state index is 9.30. The van der Waals surface area contributed by atoms with Crippen LogP contribution in [0.5, 0.6) is 0 Å². The third-order valence-corrected chi connectivity index (χ3v) is 4.08. The molecule has 1 saturated heterocycles. The monoisotopic (exact) mass is 281 g/mol. The van der Waals surface area contributed by atoms with Gasteiger partial charge in [0.2, 0.25) is 0 Å². The standard InChI is InChI=1S/C16H19N5/c1-2-21-9-5-6-12(11-21)18-16-13-7-3-4-8-14(13)19-20-15(16)10-17/h3-4,7-8,12H,2,5-6,9,11H2,1H3,(H,18,19). The van der Waals surface area contributed by atoms with Crippen molar-refractivity contribution in [1.82, 2.24) is 15.1 Å². The lowest BCUT2D eigenvalue weighted by molar-refractivity contribution is 0.227. The zero-order valence-electron chi connectivity index (χ0n) is 12.2. The van der Waals surface area contributed by atoms with Crippen molar-refractivity contribution < 1.29 is 0 Å². The Labute approximate surface area is 124 Å². The van der Waals surface area contributed by atoms with Gasteiger partial charge in [-0.25, -0.2) is 0 Å². The van der Waals surface area contributed by atoms with Gasteiger partial charge in [0.05, 0.1) is 11.2 Å². The van der Waals surface area contributed by atoms with E-state index in [0.717, 1.165) is 42.6 Å². The number of rotatable bonds is 3. The Kier molecular flexibility index (Phi) is 3.98. The van der Waals surface area contributed by atoms with Gasteiger partial charge in [0.15, 0.2) is 5.69 Å². The second kappa shape index (κ2) is 6.06. The van der Waals surface area contributed by atoms with Gasteiger partial charge in [-0.05, 0) is 32.0 Å². The van der Waals surface area contributed by atoms with Crippen molar-refractivity contribution in [2.24, 2.45) is 0 Å². The molecule has 1 fully saturated rings. The molecule has 0 bridgehead atoms. The summed E-state index contributed by atoms with van der Waals surface area (Å²) in [4.78, 5) is 2.43. The number of fused-ring (bicyclic) bond motifs is 1. The van der Waals surface area contributed by atoms with Crippen LogP contribution < -0.4 is 5.32 Å². The Morgan fingerprint density at radius 3 is 3.05 bits per heavy atom. The molecular formula is C16H19N5. The van der Waals surface area contributed by atoms with Crippen molar-refractivity contribution in [2.75, 3.05) is 25.0 Å². The van der Waals surface area contributed by atoms with Crippen molar-refractivity contribution in [1.29, 1.82) is 5.26 Å². The summed E-state index contributed by atoms with van der Waals surface area (Å²) in [5.41, 5.74) is 2.02. The number of aromatic nitrogens is 2. The molecule has 0 saturated carbocycles. The smallest absolute Gasteiger partial charge is 0.186 e.